The quantitative estimate of drug-likeness (QED) is 0.809. The van der Waals surface area contributed by atoms with Gasteiger partial charge in [0, 0.05) is 13.0 Å². The Bertz CT molecular complexity index is 696. The van der Waals surface area contributed by atoms with E-state index in [1.54, 1.807) is 0 Å². The first-order chi connectivity index (χ1) is 11.2. The van der Waals surface area contributed by atoms with Crippen molar-refractivity contribution in [2.24, 2.45) is 5.92 Å². The van der Waals surface area contributed by atoms with Gasteiger partial charge < -0.3 is 4.90 Å². The van der Waals surface area contributed by atoms with Crippen LogP contribution in [0.3, 0.4) is 0 Å². The Kier molecular flexibility index (Phi) is 3.48. The van der Waals surface area contributed by atoms with Crippen LogP contribution in [0.15, 0.2) is 60.7 Å². The molecule has 2 aromatic carbocycles. The Morgan fingerprint density at radius 2 is 1.65 bits per heavy atom. The summed E-state index contributed by atoms with van der Waals surface area (Å²) in [6, 6.07) is 21.2. The molecule has 0 unspecified atom stereocenters. The highest BCUT2D eigenvalue weighted by Crippen LogP contribution is 2.53. The maximum atomic E-state index is 12.9. The van der Waals surface area contributed by atoms with Gasteiger partial charge in [0.15, 0.2) is 0 Å². The van der Waals surface area contributed by atoms with Gasteiger partial charge in [0.25, 0.3) is 0 Å². The van der Waals surface area contributed by atoms with Crippen LogP contribution < -0.4 is 0 Å². The SMILES string of the molecule is C[C@H]1CCN2C(=O)C[C@H](c3ccccc3)C[C@]12c1ccccc1. The number of nitrogens with zero attached hydrogens (tertiary/aromatic N) is 1. The van der Waals surface area contributed by atoms with Crippen molar-refractivity contribution in [3.8, 4) is 0 Å². The molecule has 2 heteroatoms. The molecule has 0 bridgehead atoms. The fourth-order valence-electron chi connectivity index (χ4n) is 4.70. The minimum absolute atomic E-state index is 0.128. The molecule has 2 nitrogen and oxygen atoms in total. The third-order valence-corrected chi connectivity index (χ3v) is 5.91. The van der Waals surface area contributed by atoms with Gasteiger partial charge in [-0.1, -0.05) is 67.6 Å². The largest absolute Gasteiger partial charge is 0.333 e. The molecule has 0 saturated carbocycles. The molecule has 23 heavy (non-hydrogen) atoms. The predicted molar refractivity (Wildman–Crippen MR) is 92.0 cm³/mol. The Labute approximate surface area is 138 Å². The van der Waals surface area contributed by atoms with Gasteiger partial charge in [0.1, 0.15) is 0 Å². The Hall–Kier alpha value is -2.09. The number of fused-ring (bicyclic) bond motifs is 1. The van der Waals surface area contributed by atoms with Crippen LogP contribution in [0, 0.1) is 5.92 Å². The topological polar surface area (TPSA) is 20.3 Å². The Morgan fingerprint density at radius 3 is 2.35 bits per heavy atom. The van der Waals surface area contributed by atoms with E-state index in [0.29, 0.717) is 24.2 Å². The third-order valence-electron chi connectivity index (χ3n) is 5.91. The van der Waals surface area contributed by atoms with Crippen LogP contribution in [0.2, 0.25) is 0 Å². The van der Waals surface area contributed by atoms with E-state index in [-0.39, 0.29) is 5.54 Å². The number of rotatable bonds is 2. The summed E-state index contributed by atoms with van der Waals surface area (Å²) in [6.45, 7) is 3.21. The van der Waals surface area contributed by atoms with E-state index >= 15 is 0 Å². The summed E-state index contributed by atoms with van der Waals surface area (Å²) in [4.78, 5) is 15.1. The summed E-state index contributed by atoms with van der Waals surface area (Å²) in [6.07, 6.45) is 2.78. The number of piperidine rings is 1. The molecule has 0 N–H and O–H groups in total. The molecular weight excluding hydrogens is 282 g/mol. The highest BCUT2D eigenvalue weighted by molar-refractivity contribution is 5.80. The molecule has 1 amide bonds. The average molecular weight is 305 g/mol. The fourth-order valence-corrected chi connectivity index (χ4v) is 4.70. The molecule has 2 aromatic rings. The smallest absolute Gasteiger partial charge is 0.223 e. The van der Waals surface area contributed by atoms with Crippen molar-refractivity contribution < 1.29 is 4.79 Å². The lowest BCUT2D eigenvalue weighted by atomic mass is 9.69. The van der Waals surface area contributed by atoms with Gasteiger partial charge in [-0.15, -0.1) is 0 Å². The Morgan fingerprint density at radius 1 is 1.00 bits per heavy atom. The van der Waals surface area contributed by atoms with E-state index in [4.69, 9.17) is 0 Å². The fraction of sp³-hybridized carbons (Fsp3) is 0.381. The summed E-state index contributed by atoms with van der Waals surface area (Å²) in [7, 11) is 0. The lowest BCUT2D eigenvalue weighted by Gasteiger charge is -2.48. The maximum absolute atomic E-state index is 12.9. The van der Waals surface area contributed by atoms with Crippen LogP contribution in [-0.2, 0) is 10.3 Å². The lowest BCUT2D eigenvalue weighted by Crippen LogP contribution is -2.52. The zero-order valence-corrected chi connectivity index (χ0v) is 13.6. The molecule has 2 saturated heterocycles. The zero-order valence-electron chi connectivity index (χ0n) is 13.6. The molecule has 118 valence electrons. The summed E-state index contributed by atoms with van der Waals surface area (Å²) in [5.41, 5.74) is 2.48. The first-order valence-electron chi connectivity index (χ1n) is 8.63. The second-order valence-electron chi connectivity index (χ2n) is 7.04. The van der Waals surface area contributed by atoms with E-state index in [2.05, 4.69) is 66.4 Å². The van der Waals surface area contributed by atoms with Crippen molar-refractivity contribution in [2.75, 3.05) is 6.54 Å². The molecule has 2 fully saturated rings. The molecule has 4 rings (SSSR count). The van der Waals surface area contributed by atoms with Crippen molar-refractivity contribution in [3.63, 3.8) is 0 Å². The van der Waals surface area contributed by atoms with E-state index in [9.17, 15) is 4.79 Å². The number of carbonyl (C=O) groups excluding carboxylic acids is 1. The van der Waals surface area contributed by atoms with Gasteiger partial charge in [-0.2, -0.15) is 0 Å². The van der Waals surface area contributed by atoms with Gasteiger partial charge in [-0.3, -0.25) is 4.79 Å². The van der Waals surface area contributed by atoms with E-state index in [1.807, 2.05) is 6.07 Å². The number of hydrogen-bond donors (Lipinski definition) is 0. The van der Waals surface area contributed by atoms with E-state index in [0.717, 1.165) is 19.4 Å². The van der Waals surface area contributed by atoms with Crippen molar-refractivity contribution >= 4 is 5.91 Å². The molecule has 3 atom stereocenters. The van der Waals surface area contributed by atoms with E-state index < -0.39 is 0 Å². The molecule has 2 heterocycles. The van der Waals surface area contributed by atoms with Gasteiger partial charge in [-0.05, 0) is 35.8 Å². The number of benzene rings is 2. The third kappa shape index (κ3) is 2.20. The van der Waals surface area contributed by atoms with E-state index in [1.165, 1.54) is 11.1 Å². The van der Waals surface area contributed by atoms with Crippen LogP contribution in [-0.4, -0.2) is 17.4 Å². The molecule has 0 radical (unpaired) electrons. The molecule has 0 aromatic heterocycles. The lowest BCUT2D eigenvalue weighted by molar-refractivity contribution is -0.142. The van der Waals surface area contributed by atoms with Crippen molar-refractivity contribution in [2.45, 2.75) is 37.6 Å². The van der Waals surface area contributed by atoms with Gasteiger partial charge in [0.05, 0.1) is 5.54 Å². The second-order valence-corrected chi connectivity index (χ2v) is 7.04. The molecule has 2 aliphatic heterocycles. The minimum atomic E-state index is -0.128. The van der Waals surface area contributed by atoms with Gasteiger partial charge >= 0.3 is 0 Å². The van der Waals surface area contributed by atoms with Gasteiger partial charge in [0.2, 0.25) is 5.91 Å². The maximum Gasteiger partial charge on any atom is 0.223 e. The monoisotopic (exact) mass is 305 g/mol. The number of carbonyl (C=O) groups is 1. The number of amides is 1. The van der Waals surface area contributed by atoms with Crippen LogP contribution >= 0.6 is 0 Å². The summed E-state index contributed by atoms with van der Waals surface area (Å²) >= 11 is 0. The highest BCUT2D eigenvalue weighted by Gasteiger charge is 2.53. The van der Waals surface area contributed by atoms with Crippen LogP contribution in [0.4, 0.5) is 0 Å². The molecule has 2 aliphatic rings. The first kappa shape index (κ1) is 14.5. The molecule has 0 spiro atoms. The summed E-state index contributed by atoms with van der Waals surface area (Å²) < 4.78 is 0. The average Bonchev–Trinajstić information content (AvgIpc) is 2.95. The normalized spacial score (nSPS) is 30.3. The van der Waals surface area contributed by atoms with Crippen molar-refractivity contribution in [1.29, 1.82) is 0 Å². The first-order valence-corrected chi connectivity index (χ1v) is 8.63. The van der Waals surface area contributed by atoms with Crippen LogP contribution in [0.25, 0.3) is 0 Å². The predicted octanol–water partition coefficient (Wildman–Crippen LogP) is 4.33. The van der Waals surface area contributed by atoms with Crippen molar-refractivity contribution in [3.05, 3.63) is 71.8 Å². The van der Waals surface area contributed by atoms with Crippen molar-refractivity contribution in [1.82, 2.24) is 4.90 Å². The summed E-state index contributed by atoms with van der Waals surface area (Å²) in [5.74, 6) is 1.14. The van der Waals surface area contributed by atoms with Crippen LogP contribution in [0.1, 0.15) is 43.2 Å². The minimum Gasteiger partial charge on any atom is -0.333 e. The highest BCUT2D eigenvalue weighted by atomic mass is 16.2. The second kappa shape index (κ2) is 5.52. The van der Waals surface area contributed by atoms with Gasteiger partial charge in [-0.25, -0.2) is 0 Å². The molecule has 0 aliphatic carbocycles. The Balaban J connectivity index is 1.80. The zero-order chi connectivity index (χ0) is 15.9. The standard InChI is InChI=1S/C21H23NO/c1-16-12-13-22-20(23)14-18(17-8-4-2-5-9-17)15-21(16,22)19-10-6-3-7-11-19/h2-11,16,18H,12-15H2,1H3/t16-,18-,21+/m0/s1. The molecular formula is C21H23NO. The summed E-state index contributed by atoms with van der Waals surface area (Å²) in [5, 5.41) is 0. The number of hydrogen-bond acceptors (Lipinski definition) is 1. The van der Waals surface area contributed by atoms with Crippen LogP contribution in [0.5, 0.6) is 0 Å².